The molecule has 11 aromatic carbocycles. The van der Waals surface area contributed by atoms with Gasteiger partial charge in [-0.05, 0) is 110 Å². The Morgan fingerprint density at radius 3 is 1.10 bits per heavy atom. The third-order valence-electron chi connectivity index (χ3n) is 13.3. The van der Waals surface area contributed by atoms with Crippen LogP contribution in [-0.4, -0.2) is 0 Å². The molecule has 0 saturated carbocycles. The van der Waals surface area contributed by atoms with Crippen molar-refractivity contribution in [1.29, 1.82) is 0 Å². The Labute approximate surface area is 367 Å². The monoisotopic (exact) mass is 804 g/mol. The van der Waals surface area contributed by atoms with Gasteiger partial charge in [0.15, 0.2) is 0 Å². The van der Waals surface area contributed by atoms with Crippen LogP contribution in [-0.2, 0) is 5.41 Å². The summed E-state index contributed by atoms with van der Waals surface area (Å²) >= 11 is 0. The highest BCUT2D eigenvalue weighted by Crippen LogP contribution is 2.53. The highest BCUT2D eigenvalue weighted by atomic mass is 15.2. The summed E-state index contributed by atoms with van der Waals surface area (Å²) in [7, 11) is 0. The number of fused-ring (bicyclic) bond motifs is 6. The molecule has 0 saturated heterocycles. The highest BCUT2D eigenvalue weighted by molar-refractivity contribution is 6.24. The molecule has 12 rings (SSSR count). The zero-order valence-corrected chi connectivity index (χ0v) is 35.1. The summed E-state index contributed by atoms with van der Waals surface area (Å²) < 4.78 is 0. The Morgan fingerprint density at radius 2 is 0.698 bits per heavy atom. The molecule has 298 valence electrons. The van der Waals surface area contributed by atoms with Crippen molar-refractivity contribution in [2.75, 3.05) is 9.80 Å². The van der Waals surface area contributed by atoms with Gasteiger partial charge in [-0.15, -0.1) is 0 Å². The second-order valence-electron chi connectivity index (χ2n) is 17.2. The lowest BCUT2D eigenvalue weighted by atomic mass is 9.76. The smallest absolute Gasteiger partial charge is 0.0620 e. The van der Waals surface area contributed by atoms with Gasteiger partial charge in [-0.25, -0.2) is 0 Å². The van der Waals surface area contributed by atoms with Gasteiger partial charge in [-0.3, -0.25) is 0 Å². The summed E-state index contributed by atoms with van der Waals surface area (Å²) in [6.07, 6.45) is 9.99. The Morgan fingerprint density at radius 1 is 0.333 bits per heavy atom. The first-order valence-corrected chi connectivity index (χ1v) is 22.0. The minimum absolute atomic E-state index is 0.168. The Kier molecular flexibility index (Phi) is 8.72. The minimum atomic E-state index is -0.168. The second kappa shape index (κ2) is 14.9. The number of hydrogen-bond acceptors (Lipinski definition) is 2. The quantitative estimate of drug-likeness (QED) is 0.117. The lowest BCUT2D eigenvalue weighted by molar-refractivity contribution is 0.600. The molecule has 0 spiro atoms. The third-order valence-corrected chi connectivity index (χ3v) is 13.3. The predicted octanol–water partition coefficient (Wildman–Crippen LogP) is 17.3. The van der Waals surface area contributed by atoms with Crippen LogP contribution in [0, 0.1) is 0 Å². The summed E-state index contributed by atoms with van der Waals surface area (Å²) in [5, 5.41) is 14.4. The van der Waals surface area contributed by atoms with E-state index in [9.17, 15) is 0 Å². The Bertz CT molecular complexity index is 3490. The largest absolute Gasteiger partial charge is 0.309 e. The molecule has 1 aliphatic rings. The van der Waals surface area contributed by atoms with Gasteiger partial charge in [0.25, 0.3) is 0 Å². The molecule has 0 radical (unpaired) electrons. The van der Waals surface area contributed by atoms with E-state index in [-0.39, 0.29) is 5.41 Å². The molecular weight excluding hydrogens is 761 g/mol. The summed E-state index contributed by atoms with van der Waals surface area (Å²) in [6, 6.07) is 78.7. The second-order valence-corrected chi connectivity index (χ2v) is 17.2. The molecule has 1 atom stereocenters. The van der Waals surface area contributed by atoms with Crippen LogP contribution in [0.5, 0.6) is 0 Å². The van der Waals surface area contributed by atoms with Gasteiger partial charge in [-0.1, -0.05) is 189 Å². The molecule has 0 aliphatic heterocycles. The molecule has 0 N–H and O–H groups in total. The number of nitrogens with zero attached hydrogens (tertiary/aromatic N) is 2. The van der Waals surface area contributed by atoms with E-state index < -0.39 is 0 Å². The molecule has 1 unspecified atom stereocenters. The molecule has 1 aliphatic carbocycles. The van der Waals surface area contributed by atoms with E-state index in [1.807, 2.05) is 0 Å². The molecule has 0 fully saturated rings. The summed E-state index contributed by atoms with van der Waals surface area (Å²) in [5.41, 5.74) is 7.89. The van der Waals surface area contributed by atoms with Gasteiger partial charge < -0.3 is 9.80 Å². The molecule has 63 heavy (non-hydrogen) atoms. The van der Waals surface area contributed by atoms with E-state index in [4.69, 9.17) is 0 Å². The van der Waals surface area contributed by atoms with Crippen LogP contribution in [0.4, 0.5) is 34.1 Å². The number of allylic oxidation sites excluding steroid dienone is 4. The van der Waals surface area contributed by atoms with E-state index >= 15 is 0 Å². The first-order chi connectivity index (χ1) is 31.1. The Hall–Kier alpha value is -7.94. The average molecular weight is 805 g/mol. The van der Waals surface area contributed by atoms with Crippen LogP contribution in [0.15, 0.2) is 237 Å². The number of anilines is 6. The fourth-order valence-electron chi connectivity index (χ4n) is 9.99. The summed E-state index contributed by atoms with van der Waals surface area (Å²) in [4.78, 5) is 5.03. The third kappa shape index (κ3) is 6.34. The summed E-state index contributed by atoms with van der Waals surface area (Å²) in [5.74, 6) is 0. The van der Waals surface area contributed by atoms with Crippen molar-refractivity contribution in [3.05, 3.63) is 242 Å². The topological polar surface area (TPSA) is 6.48 Å². The molecule has 11 aromatic rings. The van der Waals surface area contributed by atoms with Crippen LogP contribution in [0.1, 0.15) is 18.9 Å². The molecule has 2 heteroatoms. The van der Waals surface area contributed by atoms with Crippen molar-refractivity contribution < 1.29 is 0 Å². The van der Waals surface area contributed by atoms with Crippen molar-refractivity contribution in [2.24, 2.45) is 0 Å². The molecular formula is C61H44N2. The zero-order chi connectivity index (χ0) is 41.9. The molecule has 0 bridgehead atoms. The van der Waals surface area contributed by atoms with Crippen molar-refractivity contribution in [1.82, 2.24) is 0 Å². The van der Waals surface area contributed by atoms with Gasteiger partial charge in [0, 0.05) is 49.7 Å². The van der Waals surface area contributed by atoms with Crippen molar-refractivity contribution in [3.8, 4) is 0 Å². The number of hydrogen-bond donors (Lipinski definition) is 0. The minimum Gasteiger partial charge on any atom is -0.309 e. The molecule has 0 aromatic heterocycles. The standard InChI is InChI=1S/C61H44N2/c1-61(35-13-2-14-36-61)50-29-34-57-58(41-50)60(63(53-32-27-44-17-5-9-21-48(44)39-53)54-33-28-45-18-6-10-22-49(45)40-54)56-24-12-11-23-55(56)59(57)62(51-30-25-42-15-3-7-19-46(42)37-51)52-31-26-43-16-4-8-20-47(43)38-52/h2-35,37-41H,36H2,1H3. The van der Waals surface area contributed by atoms with E-state index in [1.165, 1.54) is 70.2 Å². The van der Waals surface area contributed by atoms with E-state index in [1.54, 1.807) is 0 Å². The number of benzene rings is 11. The van der Waals surface area contributed by atoms with Crippen molar-refractivity contribution >= 4 is 98.8 Å². The SMILES string of the molecule is CC1(c2ccc3c(N(c4ccc5ccccc5c4)c4ccc5ccccc5c4)c4ccccc4c(N(c4ccc5ccccc5c4)c4ccc5ccccc5c4)c3c2)C=CC=CC1. The zero-order valence-electron chi connectivity index (χ0n) is 35.1. The van der Waals surface area contributed by atoms with Crippen molar-refractivity contribution in [3.63, 3.8) is 0 Å². The first-order valence-electron chi connectivity index (χ1n) is 22.0. The fourth-order valence-corrected chi connectivity index (χ4v) is 9.99. The van der Waals surface area contributed by atoms with E-state index in [2.05, 4.69) is 253 Å². The molecule has 0 heterocycles. The van der Waals surface area contributed by atoms with Gasteiger partial charge >= 0.3 is 0 Å². The van der Waals surface area contributed by atoms with Gasteiger partial charge in [0.2, 0.25) is 0 Å². The molecule has 2 nitrogen and oxygen atoms in total. The normalized spacial score (nSPS) is 14.9. The van der Waals surface area contributed by atoms with Crippen LogP contribution in [0.2, 0.25) is 0 Å². The van der Waals surface area contributed by atoms with Crippen LogP contribution < -0.4 is 9.80 Å². The first kappa shape index (κ1) is 36.9. The van der Waals surface area contributed by atoms with Crippen LogP contribution in [0.25, 0.3) is 64.6 Å². The van der Waals surface area contributed by atoms with Gasteiger partial charge in [-0.2, -0.15) is 0 Å². The van der Waals surface area contributed by atoms with Crippen LogP contribution >= 0.6 is 0 Å². The van der Waals surface area contributed by atoms with Crippen LogP contribution in [0.3, 0.4) is 0 Å². The fraction of sp³-hybridized carbons (Fsp3) is 0.0492. The maximum absolute atomic E-state index is 2.52. The molecule has 0 amide bonds. The van der Waals surface area contributed by atoms with Crippen molar-refractivity contribution in [2.45, 2.75) is 18.8 Å². The van der Waals surface area contributed by atoms with Gasteiger partial charge in [0.05, 0.1) is 11.4 Å². The maximum Gasteiger partial charge on any atom is 0.0620 e. The van der Waals surface area contributed by atoms with Gasteiger partial charge in [0.1, 0.15) is 0 Å². The van der Waals surface area contributed by atoms with E-state index in [0.717, 1.165) is 40.5 Å². The highest BCUT2D eigenvalue weighted by Gasteiger charge is 2.29. The Balaban J connectivity index is 1.22. The van der Waals surface area contributed by atoms with E-state index in [0.29, 0.717) is 0 Å². The summed E-state index contributed by atoms with van der Waals surface area (Å²) in [6.45, 7) is 2.37. The lowest BCUT2D eigenvalue weighted by Gasteiger charge is -2.34. The lowest BCUT2D eigenvalue weighted by Crippen LogP contribution is -2.20. The maximum atomic E-state index is 2.52. The predicted molar refractivity (Wildman–Crippen MR) is 271 cm³/mol. The average Bonchev–Trinajstić information content (AvgIpc) is 3.34. The number of rotatable bonds is 7.